The molecule has 90 valence electrons. The lowest BCUT2D eigenvalue weighted by molar-refractivity contribution is 0.247. The summed E-state index contributed by atoms with van der Waals surface area (Å²) in [5.74, 6) is 0.810. The molecule has 1 aromatic heterocycles. The van der Waals surface area contributed by atoms with E-state index in [1.807, 2.05) is 12.1 Å². The van der Waals surface area contributed by atoms with Crippen molar-refractivity contribution in [3.63, 3.8) is 0 Å². The van der Waals surface area contributed by atoms with Crippen molar-refractivity contribution in [3.8, 4) is 0 Å². The molecule has 3 nitrogen and oxygen atoms in total. The molecule has 0 spiro atoms. The van der Waals surface area contributed by atoms with Crippen LogP contribution in [0.25, 0.3) is 0 Å². The lowest BCUT2D eigenvalue weighted by atomic mass is 10.3. The maximum Gasteiger partial charge on any atom is 0.110 e. The van der Waals surface area contributed by atoms with E-state index in [0.29, 0.717) is 6.04 Å². The monoisotopic (exact) mass is 304 g/mol. The van der Waals surface area contributed by atoms with Crippen molar-refractivity contribution in [2.45, 2.75) is 31.0 Å². The number of hydrogen-bond donors (Lipinski definition) is 2. The molecule has 0 radical (unpaired) electrons. The third-order valence-corrected chi connectivity index (χ3v) is 4.01. The van der Waals surface area contributed by atoms with Gasteiger partial charge in [-0.3, -0.25) is 0 Å². The largest absolute Gasteiger partial charge is 0.395 e. The van der Waals surface area contributed by atoms with Crippen molar-refractivity contribution in [2.75, 3.05) is 12.4 Å². The van der Waals surface area contributed by atoms with Crippen LogP contribution >= 0.6 is 27.7 Å². The van der Waals surface area contributed by atoms with Crippen LogP contribution in [0.4, 0.5) is 0 Å². The molecule has 0 aromatic carbocycles. The zero-order chi connectivity index (χ0) is 12.0. The quantitative estimate of drug-likeness (QED) is 0.792. The van der Waals surface area contributed by atoms with Gasteiger partial charge in [0.25, 0.3) is 0 Å². The number of pyridine rings is 1. The van der Waals surface area contributed by atoms with Crippen molar-refractivity contribution in [1.82, 2.24) is 10.3 Å². The summed E-state index contributed by atoms with van der Waals surface area (Å²) in [7, 11) is 0. The SMILES string of the molecule is CC(C)NC(CO)CSc1ncccc1Br. The Hall–Kier alpha value is -0.100. The maximum absolute atomic E-state index is 9.21. The first-order chi connectivity index (χ1) is 7.63. The Morgan fingerprint density at radius 3 is 2.88 bits per heavy atom. The summed E-state index contributed by atoms with van der Waals surface area (Å²) in [6.45, 7) is 4.30. The van der Waals surface area contributed by atoms with Crippen LogP contribution in [0.5, 0.6) is 0 Å². The van der Waals surface area contributed by atoms with Gasteiger partial charge in [-0.25, -0.2) is 4.98 Å². The minimum atomic E-state index is 0.110. The van der Waals surface area contributed by atoms with Crippen molar-refractivity contribution in [2.24, 2.45) is 0 Å². The van der Waals surface area contributed by atoms with Gasteiger partial charge in [0.2, 0.25) is 0 Å². The van der Waals surface area contributed by atoms with Gasteiger partial charge < -0.3 is 10.4 Å². The molecule has 1 atom stereocenters. The van der Waals surface area contributed by atoms with E-state index in [1.54, 1.807) is 18.0 Å². The smallest absolute Gasteiger partial charge is 0.110 e. The summed E-state index contributed by atoms with van der Waals surface area (Å²) >= 11 is 5.09. The van der Waals surface area contributed by atoms with Crippen LogP contribution in [0.1, 0.15) is 13.8 Å². The summed E-state index contributed by atoms with van der Waals surface area (Å²) < 4.78 is 1.00. The Labute approximate surface area is 109 Å². The molecule has 1 aromatic rings. The Bertz CT molecular complexity index is 323. The standard InChI is InChI=1S/C11H17BrN2OS/c1-8(2)14-9(6-15)7-16-11-10(12)4-3-5-13-11/h3-5,8-9,14-15H,6-7H2,1-2H3. The normalized spacial score (nSPS) is 13.1. The van der Waals surface area contributed by atoms with Crippen LogP contribution in [-0.4, -0.2) is 34.5 Å². The van der Waals surface area contributed by atoms with E-state index in [-0.39, 0.29) is 12.6 Å². The van der Waals surface area contributed by atoms with Crippen LogP contribution < -0.4 is 5.32 Å². The van der Waals surface area contributed by atoms with Crippen LogP contribution in [0.2, 0.25) is 0 Å². The van der Waals surface area contributed by atoms with E-state index in [0.717, 1.165) is 15.3 Å². The molecule has 0 bridgehead atoms. The van der Waals surface area contributed by atoms with E-state index in [9.17, 15) is 5.11 Å². The first-order valence-corrected chi connectivity index (χ1v) is 7.01. The molecule has 0 aliphatic rings. The summed E-state index contributed by atoms with van der Waals surface area (Å²) in [6.07, 6.45) is 1.77. The van der Waals surface area contributed by atoms with Crippen LogP contribution in [0.15, 0.2) is 27.8 Å². The molecule has 1 heterocycles. The average molecular weight is 305 g/mol. The molecule has 1 rings (SSSR count). The van der Waals surface area contributed by atoms with Gasteiger partial charge in [0.1, 0.15) is 5.03 Å². The summed E-state index contributed by atoms with van der Waals surface area (Å²) in [6, 6.07) is 4.35. The van der Waals surface area contributed by atoms with Crippen LogP contribution in [0, 0.1) is 0 Å². The molecule has 0 saturated heterocycles. The van der Waals surface area contributed by atoms with Crippen molar-refractivity contribution in [3.05, 3.63) is 22.8 Å². The molecule has 16 heavy (non-hydrogen) atoms. The fourth-order valence-electron chi connectivity index (χ4n) is 1.28. The highest BCUT2D eigenvalue weighted by Gasteiger charge is 2.10. The third-order valence-electron chi connectivity index (χ3n) is 1.94. The number of halogens is 1. The minimum Gasteiger partial charge on any atom is -0.395 e. The summed E-state index contributed by atoms with van der Waals surface area (Å²) in [5, 5.41) is 13.5. The van der Waals surface area contributed by atoms with Crippen molar-refractivity contribution < 1.29 is 5.11 Å². The van der Waals surface area contributed by atoms with Gasteiger partial charge in [0.15, 0.2) is 0 Å². The van der Waals surface area contributed by atoms with E-state index in [1.165, 1.54) is 0 Å². The van der Waals surface area contributed by atoms with Gasteiger partial charge in [-0.15, -0.1) is 11.8 Å². The predicted molar refractivity (Wildman–Crippen MR) is 71.8 cm³/mol. The number of nitrogens with one attached hydrogen (secondary N) is 1. The first-order valence-electron chi connectivity index (χ1n) is 5.23. The van der Waals surface area contributed by atoms with Crippen molar-refractivity contribution in [1.29, 1.82) is 0 Å². The van der Waals surface area contributed by atoms with Gasteiger partial charge in [-0.05, 0) is 28.1 Å². The summed E-state index contributed by atoms with van der Waals surface area (Å²) in [5.41, 5.74) is 0. The lowest BCUT2D eigenvalue weighted by Crippen LogP contribution is -2.39. The molecule has 0 amide bonds. The lowest BCUT2D eigenvalue weighted by Gasteiger charge is -2.18. The first kappa shape index (κ1) is 14.0. The predicted octanol–water partition coefficient (Wildman–Crippen LogP) is 2.30. The minimum absolute atomic E-state index is 0.110. The molecular weight excluding hydrogens is 288 g/mol. The highest BCUT2D eigenvalue weighted by atomic mass is 79.9. The third kappa shape index (κ3) is 4.82. The zero-order valence-electron chi connectivity index (χ0n) is 9.48. The van der Waals surface area contributed by atoms with Gasteiger partial charge in [-0.2, -0.15) is 0 Å². The van der Waals surface area contributed by atoms with E-state index in [2.05, 4.69) is 40.1 Å². The Kier molecular flexibility index (Phi) is 6.34. The Balaban J connectivity index is 2.46. The average Bonchev–Trinajstić information content (AvgIpc) is 2.25. The number of thioether (sulfide) groups is 1. The highest BCUT2D eigenvalue weighted by Crippen LogP contribution is 2.24. The van der Waals surface area contributed by atoms with Gasteiger partial charge in [0.05, 0.1) is 6.61 Å². The van der Waals surface area contributed by atoms with Crippen LogP contribution in [-0.2, 0) is 0 Å². The number of aliphatic hydroxyl groups is 1. The number of rotatable bonds is 6. The van der Waals surface area contributed by atoms with E-state index < -0.39 is 0 Å². The second kappa shape index (κ2) is 7.27. The Morgan fingerprint density at radius 2 is 2.31 bits per heavy atom. The summed E-state index contributed by atoms with van der Waals surface area (Å²) in [4.78, 5) is 4.27. The topological polar surface area (TPSA) is 45.1 Å². The Morgan fingerprint density at radius 1 is 1.56 bits per heavy atom. The van der Waals surface area contributed by atoms with Gasteiger partial charge in [-0.1, -0.05) is 13.8 Å². The second-order valence-corrected chi connectivity index (χ2v) is 5.67. The fraction of sp³-hybridized carbons (Fsp3) is 0.545. The molecule has 5 heteroatoms. The van der Waals surface area contributed by atoms with Gasteiger partial charge >= 0.3 is 0 Å². The molecular formula is C11H17BrN2OS. The number of aliphatic hydroxyl groups excluding tert-OH is 1. The van der Waals surface area contributed by atoms with E-state index >= 15 is 0 Å². The molecule has 0 aliphatic carbocycles. The van der Waals surface area contributed by atoms with E-state index in [4.69, 9.17) is 0 Å². The molecule has 0 aliphatic heterocycles. The van der Waals surface area contributed by atoms with Crippen molar-refractivity contribution >= 4 is 27.7 Å². The fourth-order valence-corrected chi connectivity index (χ4v) is 2.78. The zero-order valence-corrected chi connectivity index (χ0v) is 11.9. The molecule has 0 fully saturated rings. The maximum atomic E-state index is 9.21. The molecule has 2 N–H and O–H groups in total. The highest BCUT2D eigenvalue weighted by molar-refractivity contribution is 9.10. The van der Waals surface area contributed by atoms with Crippen LogP contribution in [0.3, 0.4) is 0 Å². The molecule has 1 unspecified atom stereocenters. The number of aromatic nitrogens is 1. The number of nitrogens with zero attached hydrogens (tertiary/aromatic N) is 1. The molecule has 0 saturated carbocycles. The second-order valence-electron chi connectivity index (χ2n) is 3.80. The van der Waals surface area contributed by atoms with Gasteiger partial charge in [0, 0.05) is 28.5 Å². The number of hydrogen-bond acceptors (Lipinski definition) is 4.